The lowest BCUT2D eigenvalue weighted by Gasteiger charge is -2.10. The Bertz CT molecular complexity index is 798. The third kappa shape index (κ3) is 3.57. The van der Waals surface area contributed by atoms with Crippen molar-refractivity contribution in [2.24, 2.45) is 0 Å². The third-order valence-electron chi connectivity index (χ3n) is 3.62. The summed E-state index contributed by atoms with van der Waals surface area (Å²) in [5, 5.41) is 13.3. The van der Waals surface area contributed by atoms with E-state index in [-0.39, 0.29) is 5.75 Å². The number of rotatable bonds is 5. The largest absolute Gasteiger partial charge is 0.508 e. The predicted octanol–water partition coefficient (Wildman–Crippen LogP) is 3.35. The number of aromatic hydroxyl groups is 1. The van der Waals surface area contributed by atoms with Crippen LogP contribution in [0.1, 0.15) is 22.7 Å². The van der Waals surface area contributed by atoms with Crippen LogP contribution in [0.5, 0.6) is 5.75 Å². The second-order valence-electron chi connectivity index (χ2n) is 5.47. The number of phenolic OH excluding ortho intramolecular Hbond substituents is 1. The lowest BCUT2D eigenvalue weighted by molar-refractivity contribution is 0.456. The maximum absolute atomic E-state index is 10.1. The maximum atomic E-state index is 10.1. The maximum Gasteiger partial charge on any atom is 0.120 e. The molecule has 3 rings (SSSR count). The summed E-state index contributed by atoms with van der Waals surface area (Å²) in [6, 6.07) is 9.27. The van der Waals surface area contributed by atoms with Crippen molar-refractivity contribution in [3.05, 3.63) is 65.5 Å². The Morgan fingerprint density at radius 2 is 2.04 bits per heavy atom. The highest BCUT2D eigenvalue weighted by atomic mass is 16.3. The van der Waals surface area contributed by atoms with Crippen LogP contribution in [0, 0.1) is 13.8 Å². The summed E-state index contributed by atoms with van der Waals surface area (Å²) in [6.07, 6.45) is 3.40. The predicted molar refractivity (Wildman–Crippen MR) is 87.9 cm³/mol. The van der Waals surface area contributed by atoms with Crippen molar-refractivity contribution in [1.29, 1.82) is 0 Å². The molecule has 0 saturated carbocycles. The summed E-state index contributed by atoms with van der Waals surface area (Å²) in [5.41, 5.74) is 4.35. The number of nitrogens with one attached hydrogen (secondary N) is 1. The molecule has 0 unspecified atom stereocenters. The van der Waals surface area contributed by atoms with Gasteiger partial charge in [0.25, 0.3) is 0 Å². The minimum absolute atomic E-state index is 0.263. The molecular weight excluding hydrogens is 290 g/mol. The Morgan fingerprint density at radius 1 is 1.17 bits per heavy atom. The van der Waals surface area contributed by atoms with Crippen molar-refractivity contribution < 1.29 is 9.52 Å². The van der Waals surface area contributed by atoms with Crippen molar-refractivity contribution in [1.82, 2.24) is 15.3 Å². The molecule has 0 radical (unpaired) electrons. The van der Waals surface area contributed by atoms with Gasteiger partial charge in [0.05, 0.1) is 29.9 Å². The Balaban J connectivity index is 1.80. The molecule has 0 spiro atoms. The van der Waals surface area contributed by atoms with Crippen LogP contribution in [0.15, 0.2) is 47.2 Å². The highest BCUT2D eigenvalue weighted by molar-refractivity contribution is 5.64. The summed E-state index contributed by atoms with van der Waals surface area (Å²) in [7, 11) is 0. The minimum Gasteiger partial charge on any atom is -0.508 e. The van der Waals surface area contributed by atoms with Crippen molar-refractivity contribution in [2.45, 2.75) is 26.9 Å². The van der Waals surface area contributed by atoms with Gasteiger partial charge < -0.3 is 14.8 Å². The fraction of sp³-hybridized carbons (Fsp3) is 0.222. The van der Waals surface area contributed by atoms with E-state index in [2.05, 4.69) is 15.3 Å². The number of nitrogens with zero attached hydrogens (tertiary/aromatic N) is 2. The van der Waals surface area contributed by atoms with Crippen LogP contribution in [0.3, 0.4) is 0 Å². The molecule has 118 valence electrons. The molecule has 23 heavy (non-hydrogen) atoms. The molecule has 0 fully saturated rings. The molecular formula is C18H19N3O2. The van der Waals surface area contributed by atoms with E-state index >= 15 is 0 Å². The van der Waals surface area contributed by atoms with E-state index in [9.17, 15) is 5.11 Å². The van der Waals surface area contributed by atoms with E-state index in [0.717, 1.165) is 34.0 Å². The second-order valence-corrected chi connectivity index (χ2v) is 5.47. The first-order valence-corrected chi connectivity index (χ1v) is 7.49. The van der Waals surface area contributed by atoms with Gasteiger partial charge in [0.1, 0.15) is 11.5 Å². The SMILES string of the molecule is Cc1cnc(C)c(-c2ccc(O)c(CNCc3ccco3)c2)n1. The number of phenols is 1. The Labute approximate surface area is 135 Å². The topological polar surface area (TPSA) is 71.2 Å². The van der Waals surface area contributed by atoms with Gasteiger partial charge in [0.2, 0.25) is 0 Å². The molecule has 3 aromatic rings. The number of hydrogen-bond acceptors (Lipinski definition) is 5. The van der Waals surface area contributed by atoms with Gasteiger partial charge >= 0.3 is 0 Å². The summed E-state index contributed by atoms with van der Waals surface area (Å²) in [4.78, 5) is 8.91. The average molecular weight is 309 g/mol. The van der Waals surface area contributed by atoms with Gasteiger partial charge in [0, 0.05) is 23.9 Å². The van der Waals surface area contributed by atoms with Gasteiger partial charge in [-0.2, -0.15) is 0 Å². The standard InChI is InChI=1S/C18H19N3O2/c1-12-9-20-13(2)18(21-12)14-5-6-17(22)15(8-14)10-19-11-16-4-3-7-23-16/h3-9,19,22H,10-11H2,1-2H3. The van der Waals surface area contributed by atoms with Crippen molar-refractivity contribution in [2.75, 3.05) is 0 Å². The lowest BCUT2D eigenvalue weighted by atomic mass is 10.1. The number of aryl methyl sites for hydroxylation is 2. The summed E-state index contributed by atoms with van der Waals surface area (Å²) >= 11 is 0. The highest BCUT2D eigenvalue weighted by Crippen LogP contribution is 2.26. The molecule has 0 bridgehead atoms. The van der Waals surface area contributed by atoms with Crippen LogP contribution >= 0.6 is 0 Å². The zero-order chi connectivity index (χ0) is 16.2. The van der Waals surface area contributed by atoms with Gasteiger partial charge in [-0.15, -0.1) is 0 Å². The molecule has 2 N–H and O–H groups in total. The fourth-order valence-corrected chi connectivity index (χ4v) is 2.42. The number of hydrogen-bond donors (Lipinski definition) is 2. The van der Waals surface area contributed by atoms with Crippen molar-refractivity contribution in [3.63, 3.8) is 0 Å². The van der Waals surface area contributed by atoms with Crippen LogP contribution in [-0.4, -0.2) is 15.1 Å². The van der Waals surface area contributed by atoms with Gasteiger partial charge in [-0.1, -0.05) is 0 Å². The van der Waals surface area contributed by atoms with E-state index in [1.54, 1.807) is 18.5 Å². The first-order chi connectivity index (χ1) is 11.1. The van der Waals surface area contributed by atoms with E-state index in [1.165, 1.54) is 0 Å². The third-order valence-corrected chi connectivity index (χ3v) is 3.62. The summed E-state index contributed by atoms with van der Waals surface area (Å²) in [6.45, 7) is 5.00. The van der Waals surface area contributed by atoms with Crippen LogP contribution in [0.25, 0.3) is 11.3 Å². The Morgan fingerprint density at radius 3 is 2.83 bits per heavy atom. The highest BCUT2D eigenvalue weighted by Gasteiger charge is 2.09. The first kappa shape index (κ1) is 15.2. The van der Waals surface area contributed by atoms with Crippen LogP contribution in [0.4, 0.5) is 0 Å². The van der Waals surface area contributed by atoms with E-state index < -0.39 is 0 Å². The lowest BCUT2D eigenvalue weighted by Crippen LogP contribution is -2.12. The molecule has 5 nitrogen and oxygen atoms in total. The summed E-state index contributed by atoms with van der Waals surface area (Å²) in [5.74, 6) is 1.12. The smallest absolute Gasteiger partial charge is 0.120 e. The average Bonchev–Trinajstić information content (AvgIpc) is 3.05. The van der Waals surface area contributed by atoms with Crippen LogP contribution in [0.2, 0.25) is 0 Å². The van der Waals surface area contributed by atoms with Gasteiger partial charge in [-0.25, -0.2) is 4.98 Å². The normalized spacial score (nSPS) is 10.9. The first-order valence-electron chi connectivity index (χ1n) is 7.49. The Kier molecular flexibility index (Phi) is 4.39. The van der Waals surface area contributed by atoms with E-state index in [1.807, 2.05) is 38.1 Å². The quantitative estimate of drug-likeness (QED) is 0.756. The van der Waals surface area contributed by atoms with E-state index in [4.69, 9.17) is 4.42 Å². The molecule has 0 amide bonds. The number of aromatic nitrogens is 2. The number of furan rings is 1. The molecule has 0 aliphatic heterocycles. The van der Waals surface area contributed by atoms with Gasteiger partial charge in [0.15, 0.2) is 0 Å². The van der Waals surface area contributed by atoms with E-state index in [0.29, 0.717) is 13.1 Å². The molecule has 2 aromatic heterocycles. The molecule has 0 atom stereocenters. The summed E-state index contributed by atoms with van der Waals surface area (Å²) < 4.78 is 5.28. The molecule has 1 aromatic carbocycles. The van der Waals surface area contributed by atoms with Crippen LogP contribution in [-0.2, 0) is 13.1 Å². The molecule has 0 aliphatic carbocycles. The molecule has 0 saturated heterocycles. The molecule has 2 heterocycles. The molecule has 5 heteroatoms. The van der Waals surface area contributed by atoms with Gasteiger partial charge in [-0.05, 0) is 44.2 Å². The second kappa shape index (κ2) is 6.62. The van der Waals surface area contributed by atoms with Gasteiger partial charge in [-0.3, -0.25) is 4.98 Å². The monoisotopic (exact) mass is 309 g/mol. The molecule has 0 aliphatic rings. The number of benzene rings is 1. The van der Waals surface area contributed by atoms with Crippen molar-refractivity contribution >= 4 is 0 Å². The zero-order valence-electron chi connectivity index (χ0n) is 13.2. The van der Waals surface area contributed by atoms with Crippen LogP contribution < -0.4 is 5.32 Å². The van der Waals surface area contributed by atoms with Crippen molar-refractivity contribution in [3.8, 4) is 17.0 Å². The minimum atomic E-state index is 0.263. The fourth-order valence-electron chi connectivity index (χ4n) is 2.42. The zero-order valence-corrected chi connectivity index (χ0v) is 13.2. The Hall–Kier alpha value is -2.66.